The van der Waals surface area contributed by atoms with Crippen molar-refractivity contribution >= 4 is 11.9 Å². The summed E-state index contributed by atoms with van der Waals surface area (Å²) < 4.78 is 5.41. The summed E-state index contributed by atoms with van der Waals surface area (Å²) in [6.07, 6.45) is 3.37. The Bertz CT molecular complexity index is 641. The minimum atomic E-state index is -0.894. The first-order valence-corrected chi connectivity index (χ1v) is 7.80. The normalized spacial score (nSPS) is 25.9. The zero-order valence-corrected chi connectivity index (χ0v) is 13.3. The Balaban J connectivity index is 1.75. The summed E-state index contributed by atoms with van der Waals surface area (Å²) in [5.41, 5.74) is 2.27. The first kappa shape index (κ1) is 15.1. The maximum absolute atomic E-state index is 12.0. The zero-order valence-electron chi connectivity index (χ0n) is 13.3. The van der Waals surface area contributed by atoms with Crippen molar-refractivity contribution in [3.8, 4) is 0 Å². The number of hydrogen-bond donors (Lipinski definition) is 1. The summed E-state index contributed by atoms with van der Waals surface area (Å²) in [7, 11) is 0. The molecule has 1 aromatic rings. The summed E-state index contributed by atoms with van der Waals surface area (Å²) in [4.78, 5) is 23.2. The molecule has 0 radical (unpaired) electrons. The number of esters is 1. The summed E-state index contributed by atoms with van der Waals surface area (Å²) in [6.45, 7) is 5.62. The van der Waals surface area contributed by atoms with Gasteiger partial charge >= 0.3 is 11.9 Å². The number of ether oxygens (including phenoxy) is 1. The molecule has 1 spiro atoms. The van der Waals surface area contributed by atoms with Crippen LogP contribution in [0.15, 0.2) is 18.2 Å². The first-order chi connectivity index (χ1) is 10.2. The van der Waals surface area contributed by atoms with Crippen molar-refractivity contribution in [2.75, 3.05) is 0 Å². The molecule has 2 unspecified atom stereocenters. The number of carboxylic acids is 1. The van der Waals surface area contributed by atoms with Crippen molar-refractivity contribution in [2.45, 2.75) is 57.5 Å². The highest BCUT2D eigenvalue weighted by Crippen LogP contribution is 2.63. The van der Waals surface area contributed by atoms with Crippen LogP contribution in [0.2, 0.25) is 0 Å². The molecule has 0 aromatic heterocycles. The van der Waals surface area contributed by atoms with E-state index >= 15 is 0 Å². The van der Waals surface area contributed by atoms with E-state index in [1.165, 1.54) is 5.56 Å². The van der Waals surface area contributed by atoms with Crippen molar-refractivity contribution in [1.29, 1.82) is 0 Å². The molecule has 2 aliphatic rings. The lowest BCUT2D eigenvalue weighted by Crippen LogP contribution is -2.24. The van der Waals surface area contributed by atoms with Gasteiger partial charge in [-0.25, -0.2) is 4.79 Å². The van der Waals surface area contributed by atoms with Crippen LogP contribution in [0.1, 0.15) is 61.5 Å². The highest BCUT2D eigenvalue weighted by atomic mass is 16.6. The lowest BCUT2D eigenvalue weighted by Gasteiger charge is -2.20. The van der Waals surface area contributed by atoms with Crippen LogP contribution in [0.5, 0.6) is 0 Å². The molecular formula is C18H22O4. The second-order valence-electron chi connectivity index (χ2n) is 7.52. The van der Waals surface area contributed by atoms with Gasteiger partial charge in [-0.05, 0) is 74.6 Å². The maximum atomic E-state index is 12.0. The number of rotatable bonds is 3. The molecule has 0 amide bonds. The average Bonchev–Trinajstić information content (AvgIpc) is 2.93. The zero-order chi connectivity index (χ0) is 16.1. The number of benzene rings is 1. The van der Waals surface area contributed by atoms with Gasteiger partial charge in [0.25, 0.3) is 0 Å². The molecule has 1 aromatic carbocycles. The van der Waals surface area contributed by atoms with Gasteiger partial charge in [-0.3, -0.25) is 4.79 Å². The molecule has 0 aliphatic heterocycles. The lowest BCUT2D eigenvalue weighted by atomic mass is 9.93. The lowest BCUT2D eigenvalue weighted by molar-refractivity contribution is -0.155. The average molecular weight is 302 g/mol. The van der Waals surface area contributed by atoms with Gasteiger partial charge in [-0.15, -0.1) is 0 Å². The molecule has 4 nitrogen and oxygen atoms in total. The Labute approximate surface area is 130 Å². The van der Waals surface area contributed by atoms with Gasteiger partial charge in [-0.1, -0.05) is 6.07 Å². The van der Waals surface area contributed by atoms with E-state index < -0.39 is 11.6 Å². The Morgan fingerprint density at radius 2 is 2.09 bits per heavy atom. The largest absolute Gasteiger partial charge is 0.478 e. The maximum Gasteiger partial charge on any atom is 0.335 e. The van der Waals surface area contributed by atoms with Crippen molar-refractivity contribution in [2.24, 2.45) is 5.92 Å². The minimum Gasteiger partial charge on any atom is -0.478 e. The summed E-state index contributed by atoms with van der Waals surface area (Å²) in [6, 6.07) is 5.40. The van der Waals surface area contributed by atoms with Crippen LogP contribution in [0.3, 0.4) is 0 Å². The van der Waals surface area contributed by atoms with Crippen molar-refractivity contribution < 1.29 is 19.4 Å². The molecule has 1 fully saturated rings. The van der Waals surface area contributed by atoms with Crippen LogP contribution in [-0.4, -0.2) is 22.6 Å². The number of carboxylic acid groups (broad SMARTS) is 1. The number of aryl methyl sites for hydroxylation is 1. The van der Waals surface area contributed by atoms with Crippen molar-refractivity contribution in [3.63, 3.8) is 0 Å². The highest BCUT2D eigenvalue weighted by Gasteiger charge is 2.58. The number of hydrogen-bond acceptors (Lipinski definition) is 3. The van der Waals surface area contributed by atoms with Gasteiger partial charge in [0.05, 0.1) is 5.56 Å². The quantitative estimate of drug-likeness (QED) is 0.870. The van der Waals surface area contributed by atoms with E-state index in [1.807, 2.05) is 26.8 Å². The number of carbonyl (C=O) groups excluding carboxylic acids is 1. The summed E-state index contributed by atoms with van der Waals surface area (Å²) in [5, 5.41) is 9.17. The van der Waals surface area contributed by atoms with E-state index in [2.05, 4.69) is 0 Å². The first-order valence-electron chi connectivity index (χ1n) is 7.80. The monoisotopic (exact) mass is 302 g/mol. The highest BCUT2D eigenvalue weighted by molar-refractivity contribution is 5.88. The standard InChI is InChI=1S/C18H22O4/c1-17(2,3)22-15(19)9-13-10-18(13)7-6-11-4-5-12(16(20)21)8-14(11)18/h4-5,8,13H,6-7,9-10H2,1-3H3,(H,20,21). The Morgan fingerprint density at radius 3 is 2.73 bits per heavy atom. The van der Waals surface area contributed by atoms with Gasteiger partial charge in [-0.2, -0.15) is 0 Å². The van der Waals surface area contributed by atoms with E-state index in [0.717, 1.165) is 24.8 Å². The number of fused-ring (bicyclic) bond motifs is 2. The summed E-state index contributed by atoms with van der Waals surface area (Å²) in [5.74, 6) is -0.765. The van der Waals surface area contributed by atoms with Crippen molar-refractivity contribution in [3.05, 3.63) is 34.9 Å². The summed E-state index contributed by atoms with van der Waals surface area (Å²) >= 11 is 0. The molecule has 4 heteroatoms. The Morgan fingerprint density at radius 1 is 1.36 bits per heavy atom. The van der Waals surface area contributed by atoms with Crippen LogP contribution < -0.4 is 0 Å². The van der Waals surface area contributed by atoms with Crippen LogP contribution >= 0.6 is 0 Å². The van der Waals surface area contributed by atoms with E-state index in [9.17, 15) is 14.7 Å². The smallest absolute Gasteiger partial charge is 0.335 e. The number of carbonyl (C=O) groups is 2. The fourth-order valence-electron chi connectivity index (χ4n) is 3.75. The van der Waals surface area contributed by atoms with E-state index in [1.54, 1.807) is 12.1 Å². The molecular weight excluding hydrogens is 280 g/mol. The fourth-order valence-corrected chi connectivity index (χ4v) is 3.75. The van der Waals surface area contributed by atoms with Crippen LogP contribution in [-0.2, 0) is 21.4 Å². The van der Waals surface area contributed by atoms with Crippen LogP contribution in [0.25, 0.3) is 0 Å². The van der Waals surface area contributed by atoms with Crippen molar-refractivity contribution in [1.82, 2.24) is 0 Å². The third-order valence-electron chi connectivity index (χ3n) is 4.80. The second kappa shape index (κ2) is 4.83. The second-order valence-corrected chi connectivity index (χ2v) is 7.52. The SMILES string of the molecule is CC(C)(C)OC(=O)CC1CC12CCc1ccc(C(=O)O)cc12. The third kappa shape index (κ3) is 2.62. The Hall–Kier alpha value is -1.84. The van der Waals surface area contributed by atoms with Gasteiger partial charge in [0.2, 0.25) is 0 Å². The molecule has 3 rings (SSSR count). The van der Waals surface area contributed by atoms with E-state index in [-0.39, 0.29) is 17.3 Å². The molecule has 2 aliphatic carbocycles. The van der Waals surface area contributed by atoms with E-state index in [4.69, 9.17) is 4.74 Å². The molecule has 0 saturated heterocycles. The minimum absolute atomic E-state index is 0.0116. The molecule has 118 valence electrons. The predicted molar refractivity (Wildman–Crippen MR) is 82.0 cm³/mol. The third-order valence-corrected chi connectivity index (χ3v) is 4.80. The van der Waals surface area contributed by atoms with Gasteiger partial charge in [0.1, 0.15) is 5.60 Å². The van der Waals surface area contributed by atoms with Gasteiger partial charge in [0.15, 0.2) is 0 Å². The molecule has 1 saturated carbocycles. The molecule has 0 bridgehead atoms. The topological polar surface area (TPSA) is 63.6 Å². The van der Waals surface area contributed by atoms with Gasteiger partial charge < -0.3 is 9.84 Å². The van der Waals surface area contributed by atoms with Gasteiger partial charge in [0, 0.05) is 6.42 Å². The molecule has 1 N–H and O–H groups in total. The van der Waals surface area contributed by atoms with E-state index in [0.29, 0.717) is 12.0 Å². The Kier molecular flexibility index (Phi) is 3.31. The fraction of sp³-hybridized carbons (Fsp3) is 0.556. The molecule has 0 heterocycles. The number of aromatic carboxylic acids is 1. The predicted octanol–water partition coefficient (Wildman–Crippen LogP) is 3.32. The molecule has 22 heavy (non-hydrogen) atoms. The molecule has 2 atom stereocenters. The van der Waals surface area contributed by atoms with Crippen LogP contribution in [0.4, 0.5) is 0 Å². The van der Waals surface area contributed by atoms with Crippen LogP contribution in [0, 0.1) is 5.92 Å².